The number of benzene rings is 1. The van der Waals surface area contributed by atoms with Gasteiger partial charge < -0.3 is 24.8 Å². The molecule has 1 fully saturated rings. The fourth-order valence-electron chi connectivity index (χ4n) is 2.17. The molecule has 1 aromatic carbocycles. The molecular formula is C16H23N3O3. The molecule has 6 heteroatoms. The third-order valence-corrected chi connectivity index (χ3v) is 3.56. The Morgan fingerprint density at radius 3 is 2.95 bits per heavy atom. The number of nitrogens with one attached hydrogen (secondary N) is 2. The van der Waals surface area contributed by atoms with Crippen LogP contribution in [0.2, 0.25) is 0 Å². The van der Waals surface area contributed by atoms with Crippen LogP contribution >= 0.6 is 0 Å². The summed E-state index contributed by atoms with van der Waals surface area (Å²) in [5.41, 5.74) is 0. The van der Waals surface area contributed by atoms with Gasteiger partial charge in [-0.15, -0.1) is 0 Å². The van der Waals surface area contributed by atoms with Gasteiger partial charge in [0.05, 0.1) is 6.54 Å². The van der Waals surface area contributed by atoms with Crippen LogP contribution in [0, 0.1) is 5.92 Å². The van der Waals surface area contributed by atoms with Crippen molar-refractivity contribution in [3.8, 4) is 17.2 Å². The first kappa shape index (κ1) is 14.8. The summed E-state index contributed by atoms with van der Waals surface area (Å²) >= 11 is 0. The lowest BCUT2D eigenvalue weighted by atomic mass is 10.3. The van der Waals surface area contributed by atoms with Crippen LogP contribution in [0.5, 0.6) is 17.2 Å². The molecule has 22 heavy (non-hydrogen) atoms. The molecule has 0 amide bonds. The summed E-state index contributed by atoms with van der Waals surface area (Å²) in [4.78, 5) is 4.57. The molecule has 1 aliphatic carbocycles. The normalized spacial score (nSPS) is 16.5. The summed E-state index contributed by atoms with van der Waals surface area (Å²) in [5, 5.41) is 6.53. The molecule has 120 valence electrons. The zero-order valence-corrected chi connectivity index (χ0v) is 12.9. The standard InChI is InChI=1S/C16H23N3O3/c1-2-17-16(19-10-12-3-4-12)18-7-8-20-13-5-6-14-15(9-13)22-11-21-14/h5-6,9,12H,2-4,7-8,10-11H2,1H3,(H2,17,18,19). The molecule has 3 rings (SSSR count). The maximum absolute atomic E-state index is 5.72. The molecule has 6 nitrogen and oxygen atoms in total. The fourth-order valence-corrected chi connectivity index (χ4v) is 2.17. The van der Waals surface area contributed by atoms with Crippen LogP contribution < -0.4 is 24.8 Å². The Kier molecular flexibility index (Phi) is 4.88. The Bertz CT molecular complexity index is 529. The van der Waals surface area contributed by atoms with Crippen LogP contribution in [0.4, 0.5) is 0 Å². The Morgan fingerprint density at radius 2 is 2.14 bits per heavy atom. The van der Waals surface area contributed by atoms with Crippen molar-refractivity contribution in [2.24, 2.45) is 10.9 Å². The minimum absolute atomic E-state index is 0.282. The van der Waals surface area contributed by atoms with E-state index >= 15 is 0 Å². The number of aliphatic imine (C=N–C) groups is 1. The highest BCUT2D eigenvalue weighted by atomic mass is 16.7. The Hall–Kier alpha value is -2.11. The van der Waals surface area contributed by atoms with E-state index in [0.717, 1.165) is 42.2 Å². The second-order valence-corrected chi connectivity index (χ2v) is 5.45. The van der Waals surface area contributed by atoms with Crippen molar-refractivity contribution in [1.29, 1.82) is 0 Å². The van der Waals surface area contributed by atoms with Gasteiger partial charge in [-0.1, -0.05) is 0 Å². The van der Waals surface area contributed by atoms with Gasteiger partial charge in [0.25, 0.3) is 0 Å². The van der Waals surface area contributed by atoms with Gasteiger partial charge in [-0.2, -0.15) is 0 Å². The minimum Gasteiger partial charge on any atom is -0.492 e. The molecule has 0 aromatic heterocycles. The summed E-state index contributed by atoms with van der Waals surface area (Å²) in [5.74, 6) is 3.95. The Balaban J connectivity index is 1.40. The summed E-state index contributed by atoms with van der Waals surface area (Å²) in [6.07, 6.45) is 2.63. The van der Waals surface area contributed by atoms with E-state index in [1.165, 1.54) is 12.8 Å². The molecule has 1 aromatic rings. The first-order chi connectivity index (χ1) is 10.8. The highest BCUT2D eigenvalue weighted by Crippen LogP contribution is 2.35. The maximum Gasteiger partial charge on any atom is 0.231 e. The van der Waals surface area contributed by atoms with E-state index in [4.69, 9.17) is 14.2 Å². The lowest BCUT2D eigenvalue weighted by Crippen LogP contribution is -2.39. The van der Waals surface area contributed by atoms with Gasteiger partial charge in [0.1, 0.15) is 12.4 Å². The smallest absolute Gasteiger partial charge is 0.231 e. The molecule has 0 bridgehead atoms. The van der Waals surface area contributed by atoms with Gasteiger partial charge >= 0.3 is 0 Å². The third kappa shape index (κ3) is 4.19. The number of ether oxygens (including phenoxy) is 3. The fraction of sp³-hybridized carbons (Fsp3) is 0.562. The van der Waals surface area contributed by atoms with E-state index < -0.39 is 0 Å². The number of fused-ring (bicyclic) bond motifs is 1. The van der Waals surface area contributed by atoms with Crippen molar-refractivity contribution in [3.63, 3.8) is 0 Å². The second-order valence-electron chi connectivity index (χ2n) is 5.45. The van der Waals surface area contributed by atoms with E-state index in [0.29, 0.717) is 13.2 Å². The van der Waals surface area contributed by atoms with Gasteiger partial charge in [-0.25, -0.2) is 0 Å². The van der Waals surface area contributed by atoms with Crippen molar-refractivity contribution in [3.05, 3.63) is 18.2 Å². The summed E-state index contributed by atoms with van der Waals surface area (Å²) < 4.78 is 16.3. The first-order valence-corrected chi connectivity index (χ1v) is 7.90. The first-order valence-electron chi connectivity index (χ1n) is 7.90. The average molecular weight is 305 g/mol. The zero-order valence-electron chi connectivity index (χ0n) is 12.9. The molecule has 1 heterocycles. The van der Waals surface area contributed by atoms with Gasteiger partial charge in [-0.05, 0) is 37.8 Å². The monoisotopic (exact) mass is 305 g/mol. The van der Waals surface area contributed by atoms with E-state index in [2.05, 4.69) is 22.5 Å². The number of hydrogen-bond donors (Lipinski definition) is 2. The van der Waals surface area contributed by atoms with Crippen LogP contribution in [-0.4, -0.2) is 39.0 Å². The van der Waals surface area contributed by atoms with E-state index in [-0.39, 0.29) is 6.79 Å². The molecule has 0 saturated heterocycles. The van der Waals surface area contributed by atoms with Crippen LogP contribution in [-0.2, 0) is 0 Å². The number of nitrogens with zero attached hydrogens (tertiary/aromatic N) is 1. The van der Waals surface area contributed by atoms with Crippen molar-refractivity contribution in [1.82, 2.24) is 10.6 Å². The van der Waals surface area contributed by atoms with Crippen LogP contribution in [0.25, 0.3) is 0 Å². The van der Waals surface area contributed by atoms with E-state index in [9.17, 15) is 0 Å². The van der Waals surface area contributed by atoms with Crippen LogP contribution in [0.15, 0.2) is 23.2 Å². The molecule has 0 radical (unpaired) electrons. The average Bonchev–Trinajstić information content (AvgIpc) is 3.24. The van der Waals surface area contributed by atoms with Crippen molar-refractivity contribution in [2.75, 3.05) is 33.0 Å². The van der Waals surface area contributed by atoms with E-state index in [1.807, 2.05) is 18.2 Å². The third-order valence-electron chi connectivity index (χ3n) is 3.56. The second kappa shape index (κ2) is 7.24. The van der Waals surface area contributed by atoms with Crippen LogP contribution in [0.3, 0.4) is 0 Å². The molecular weight excluding hydrogens is 282 g/mol. The minimum atomic E-state index is 0.282. The van der Waals surface area contributed by atoms with E-state index in [1.54, 1.807) is 0 Å². The molecule has 2 N–H and O–H groups in total. The highest BCUT2D eigenvalue weighted by molar-refractivity contribution is 5.79. The number of guanidine groups is 1. The van der Waals surface area contributed by atoms with Gasteiger partial charge in [0.2, 0.25) is 6.79 Å². The molecule has 1 aliphatic heterocycles. The summed E-state index contributed by atoms with van der Waals surface area (Å²) in [6, 6.07) is 5.61. The zero-order chi connectivity index (χ0) is 15.2. The number of rotatable bonds is 7. The van der Waals surface area contributed by atoms with Crippen molar-refractivity contribution < 1.29 is 14.2 Å². The van der Waals surface area contributed by atoms with Gasteiger partial charge in [-0.3, -0.25) is 4.99 Å². The highest BCUT2D eigenvalue weighted by Gasteiger charge is 2.20. The molecule has 0 spiro atoms. The number of hydrogen-bond acceptors (Lipinski definition) is 4. The predicted molar refractivity (Wildman–Crippen MR) is 84.8 cm³/mol. The SMILES string of the molecule is CCNC(=NCC1CC1)NCCOc1ccc2c(c1)OCO2. The predicted octanol–water partition coefficient (Wildman–Crippen LogP) is 1.76. The lowest BCUT2D eigenvalue weighted by Gasteiger charge is -2.12. The lowest BCUT2D eigenvalue weighted by molar-refractivity contribution is 0.173. The molecule has 2 aliphatic rings. The van der Waals surface area contributed by atoms with Gasteiger partial charge in [0, 0.05) is 19.2 Å². The Labute approximate surface area is 130 Å². The summed E-state index contributed by atoms with van der Waals surface area (Å²) in [7, 11) is 0. The molecule has 0 unspecified atom stereocenters. The van der Waals surface area contributed by atoms with Crippen molar-refractivity contribution >= 4 is 5.96 Å². The van der Waals surface area contributed by atoms with Crippen LogP contribution in [0.1, 0.15) is 19.8 Å². The molecule has 0 atom stereocenters. The largest absolute Gasteiger partial charge is 0.492 e. The Morgan fingerprint density at radius 1 is 1.27 bits per heavy atom. The van der Waals surface area contributed by atoms with Gasteiger partial charge in [0.15, 0.2) is 17.5 Å². The quantitative estimate of drug-likeness (QED) is 0.456. The molecule has 1 saturated carbocycles. The maximum atomic E-state index is 5.72. The topological polar surface area (TPSA) is 64.1 Å². The summed E-state index contributed by atoms with van der Waals surface area (Å²) in [6.45, 7) is 5.39. The van der Waals surface area contributed by atoms with Crippen molar-refractivity contribution in [2.45, 2.75) is 19.8 Å².